The third-order valence-corrected chi connectivity index (χ3v) is 7.61. The van der Waals surface area contributed by atoms with Crippen LogP contribution in [0.15, 0.2) is 48.5 Å². The van der Waals surface area contributed by atoms with Crippen molar-refractivity contribution in [1.82, 2.24) is 20.9 Å². The summed E-state index contributed by atoms with van der Waals surface area (Å²) < 4.78 is 39.3. The lowest BCUT2D eigenvalue weighted by atomic mass is 9.98. The van der Waals surface area contributed by atoms with Gasteiger partial charge in [-0.15, -0.1) is 0 Å². The average Bonchev–Trinajstić information content (AvgIpc) is 3.47. The summed E-state index contributed by atoms with van der Waals surface area (Å²) in [6, 6.07) is 8.94. The third kappa shape index (κ3) is 8.81. The van der Waals surface area contributed by atoms with E-state index in [9.17, 15) is 37.1 Å². The molecule has 4 amide bonds. The van der Waals surface area contributed by atoms with Crippen molar-refractivity contribution in [3.63, 3.8) is 0 Å². The van der Waals surface area contributed by atoms with E-state index in [-0.39, 0.29) is 31.0 Å². The monoisotopic (exact) mass is 636 g/mol. The topological polar surface area (TPSA) is 125 Å². The van der Waals surface area contributed by atoms with E-state index in [0.717, 1.165) is 5.56 Å². The number of nitrogens with zero attached hydrogens (tertiary/aromatic N) is 1. The Bertz CT molecular complexity index is 1360. The molecule has 0 aromatic heterocycles. The van der Waals surface area contributed by atoms with Crippen LogP contribution in [0.2, 0.25) is 5.02 Å². The van der Waals surface area contributed by atoms with Crippen LogP contribution in [-0.2, 0) is 20.9 Å². The summed E-state index contributed by atoms with van der Waals surface area (Å²) in [6.45, 7) is 6.63. The molecule has 3 N–H and O–H groups in total. The Morgan fingerprint density at radius 2 is 1.39 bits per heavy atom. The Labute approximate surface area is 258 Å². The van der Waals surface area contributed by atoms with Crippen molar-refractivity contribution in [2.45, 2.75) is 71.4 Å². The number of ketones is 1. The number of hydrogen-bond donors (Lipinski definition) is 3. The minimum absolute atomic E-state index is 0.162. The van der Waals surface area contributed by atoms with Gasteiger partial charge in [0.15, 0.2) is 0 Å². The number of rotatable bonds is 11. The molecule has 2 aromatic rings. The molecule has 238 valence electrons. The molecule has 3 rings (SSSR count). The number of alkyl halides is 3. The van der Waals surface area contributed by atoms with Crippen LogP contribution in [0.4, 0.5) is 13.2 Å². The van der Waals surface area contributed by atoms with Crippen molar-refractivity contribution in [3.05, 3.63) is 70.2 Å². The van der Waals surface area contributed by atoms with Crippen molar-refractivity contribution in [1.29, 1.82) is 0 Å². The molecule has 0 saturated carbocycles. The van der Waals surface area contributed by atoms with Gasteiger partial charge in [-0.25, -0.2) is 0 Å². The Balaban J connectivity index is 1.65. The van der Waals surface area contributed by atoms with E-state index in [1.807, 2.05) is 0 Å². The highest BCUT2D eigenvalue weighted by Crippen LogP contribution is 2.24. The van der Waals surface area contributed by atoms with E-state index in [0.29, 0.717) is 17.0 Å². The summed E-state index contributed by atoms with van der Waals surface area (Å²) in [5, 5.41) is 8.24. The second-order valence-corrected chi connectivity index (χ2v) is 11.8. The molecule has 13 heteroatoms. The third-order valence-electron chi connectivity index (χ3n) is 7.36. The van der Waals surface area contributed by atoms with Gasteiger partial charge in [-0.2, -0.15) is 13.2 Å². The van der Waals surface area contributed by atoms with Gasteiger partial charge in [0.25, 0.3) is 17.6 Å². The van der Waals surface area contributed by atoms with Crippen LogP contribution in [0.5, 0.6) is 0 Å². The minimum atomic E-state index is -5.13. The smallest absolute Gasteiger partial charge is 0.348 e. The quantitative estimate of drug-likeness (QED) is 0.340. The molecule has 0 bridgehead atoms. The number of carbonyl (C=O) groups is 5. The first-order valence-electron chi connectivity index (χ1n) is 14.3. The normalized spacial score (nSPS) is 16.4. The lowest BCUT2D eigenvalue weighted by Crippen LogP contribution is -2.58. The molecule has 0 spiro atoms. The molecule has 0 aliphatic carbocycles. The number of hydrogen-bond acceptors (Lipinski definition) is 5. The van der Waals surface area contributed by atoms with E-state index >= 15 is 0 Å². The number of likely N-dealkylation sites (tertiary alicyclic amines) is 1. The number of amides is 4. The lowest BCUT2D eigenvalue weighted by Gasteiger charge is -2.32. The molecular weight excluding hydrogens is 601 g/mol. The summed E-state index contributed by atoms with van der Waals surface area (Å²) in [5.41, 5.74) is 1.37. The molecule has 2 aromatic carbocycles. The van der Waals surface area contributed by atoms with Crippen molar-refractivity contribution >= 4 is 41.0 Å². The second kappa shape index (κ2) is 14.7. The maximum atomic E-state index is 13.6. The molecule has 44 heavy (non-hydrogen) atoms. The fraction of sp³-hybridized carbons (Fsp3) is 0.452. The van der Waals surface area contributed by atoms with Gasteiger partial charge in [-0.05, 0) is 66.6 Å². The highest BCUT2D eigenvalue weighted by atomic mass is 35.5. The van der Waals surface area contributed by atoms with Crippen LogP contribution in [-0.4, -0.2) is 65.2 Å². The van der Waals surface area contributed by atoms with Gasteiger partial charge in [0, 0.05) is 29.2 Å². The largest absolute Gasteiger partial charge is 0.452 e. The van der Waals surface area contributed by atoms with Gasteiger partial charge in [0.2, 0.25) is 11.8 Å². The fourth-order valence-corrected chi connectivity index (χ4v) is 4.97. The van der Waals surface area contributed by atoms with Gasteiger partial charge in [-0.3, -0.25) is 24.0 Å². The number of benzene rings is 2. The zero-order valence-corrected chi connectivity index (χ0v) is 25.6. The molecular formula is C31H36ClF3N4O5. The standard InChI is InChI=1S/C31H36ClF3N4O5/c1-17(2)24(26(40)31(33,34)35)37-29(43)23-6-5-15-39(23)30(44)25(18(3)4)38-28(42)21-11-9-20(10-12-21)27(41)36-16-19-7-13-22(32)14-8-19/h7-14,17-18,23-25H,5-6,15-16H2,1-4H3,(H,36,41)(H,37,43)(H,38,42)/t23-,24?,25-/m0/s1. The Hall–Kier alpha value is -3.93. The number of Topliss-reactive ketones (excluding diaryl/α,β-unsaturated/α-hetero) is 1. The van der Waals surface area contributed by atoms with Crippen LogP contribution in [0.1, 0.15) is 66.8 Å². The van der Waals surface area contributed by atoms with Gasteiger partial charge >= 0.3 is 6.18 Å². The summed E-state index contributed by atoms with van der Waals surface area (Å²) in [6.07, 6.45) is -4.51. The summed E-state index contributed by atoms with van der Waals surface area (Å²) in [7, 11) is 0. The Morgan fingerprint density at radius 3 is 1.91 bits per heavy atom. The van der Waals surface area contributed by atoms with Crippen LogP contribution in [0, 0.1) is 11.8 Å². The van der Waals surface area contributed by atoms with Gasteiger partial charge in [-0.1, -0.05) is 51.4 Å². The van der Waals surface area contributed by atoms with E-state index in [1.54, 1.807) is 38.1 Å². The highest BCUT2D eigenvalue weighted by molar-refractivity contribution is 6.30. The second-order valence-electron chi connectivity index (χ2n) is 11.4. The van der Waals surface area contributed by atoms with Gasteiger partial charge in [0.05, 0.1) is 6.04 Å². The molecule has 1 heterocycles. The molecule has 1 aliphatic rings. The minimum Gasteiger partial charge on any atom is -0.348 e. The summed E-state index contributed by atoms with van der Waals surface area (Å²) in [5.74, 6) is -5.64. The Morgan fingerprint density at radius 1 is 0.841 bits per heavy atom. The molecule has 9 nitrogen and oxygen atoms in total. The zero-order chi connectivity index (χ0) is 32.8. The number of carbonyl (C=O) groups excluding carboxylic acids is 5. The van der Waals surface area contributed by atoms with E-state index < -0.39 is 59.6 Å². The first-order chi connectivity index (χ1) is 20.6. The zero-order valence-electron chi connectivity index (χ0n) is 24.8. The van der Waals surface area contributed by atoms with E-state index in [2.05, 4.69) is 16.0 Å². The van der Waals surface area contributed by atoms with Gasteiger partial charge < -0.3 is 20.9 Å². The maximum Gasteiger partial charge on any atom is 0.452 e. The lowest BCUT2D eigenvalue weighted by molar-refractivity contribution is -0.175. The molecule has 1 saturated heterocycles. The van der Waals surface area contributed by atoms with Crippen LogP contribution in [0.25, 0.3) is 0 Å². The number of nitrogens with one attached hydrogen (secondary N) is 3. The molecule has 0 radical (unpaired) electrons. The first kappa shape index (κ1) is 34.6. The van der Waals surface area contributed by atoms with Crippen LogP contribution < -0.4 is 16.0 Å². The first-order valence-corrected chi connectivity index (χ1v) is 14.6. The van der Waals surface area contributed by atoms with E-state index in [4.69, 9.17) is 11.6 Å². The number of halogens is 4. The predicted molar refractivity (Wildman–Crippen MR) is 158 cm³/mol. The molecule has 1 fully saturated rings. The maximum absolute atomic E-state index is 13.6. The van der Waals surface area contributed by atoms with Crippen molar-refractivity contribution in [2.24, 2.45) is 11.8 Å². The van der Waals surface area contributed by atoms with E-state index in [1.165, 1.54) is 43.0 Å². The SMILES string of the molecule is CC(C)C(NC(=O)[C@@H]1CCCN1C(=O)[C@@H](NC(=O)c1ccc(C(=O)NCc2ccc(Cl)cc2)cc1)C(C)C)C(=O)C(F)(F)F. The summed E-state index contributed by atoms with van der Waals surface area (Å²) in [4.78, 5) is 65.3. The average molecular weight is 637 g/mol. The summed E-state index contributed by atoms with van der Waals surface area (Å²) >= 11 is 5.88. The fourth-order valence-electron chi connectivity index (χ4n) is 4.84. The van der Waals surface area contributed by atoms with Crippen molar-refractivity contribution < 1.29 is 37.1 Å². The predicted octanol–water partition coefficient (Wildman–Crippen LogP) is 4.29. The van der Waals surface area contributed by atoms with Crippen molar-refractivity contribution in [3.8, 4) is 0 Å². The molecule has 3 atom stereocenters. The van der Waals surface area contributed by atoms with Crippen LogP contribution in [0.3, 0.4) is 0 Å². The molecule has 1 unspecified atom stereocenters. The van der Waals surface area contributed by atoms with Crippen LogP contribution >= 0.6 is 11.6 Å². The highest BCUT2D eigenvalue weighted by Gasteiger charge is 2.46. The van der Waals surface area contributed by atoms with Gasteiger partial charge in [0.1, 0.15) is 12.1 Å². The molecule has 1 aliphatic heterocycles. The Kier molecular flexibility index (Phi) is 11.5. The van der Waals surface area contributed by atoms with Crippen molar-refractivity contribution in [2.75, 3.05) is 6.54 Å².